The molecule has 0 aliphatic carbocycles. The number of rotatable bonds is 9. The fraction of sp³-hybridized carbons (Fsp3) is 0.647. The molecule has 1 nitrogen and oxygen atoms in total. The van der Waals surface area contributed by atoms with Gasteiger partial charge in [-0.05, 0) is 49.1 Å². The molecule has 0 radical (unpaired) electrons. The highest BCUT2D eigenvalue weighted by atomic mass is 79.9. The van der Waals surface area contributed by atoms with E-state index in [1.807, 2.05) is 6.07 Å². The molecule has 0 fully saturated rings. The fourth-order valence-electron chi connectivity index (χ4n) is 2.76. The van der Waals surface area contributed by atoms with E-state index in [4.69, 9.17) is 0 Å². The van der Waals surface area contributed by atoms with Crippen molar-refractivity contribution in [3.8, 4) is 0 Å². The van der Waals surface area contributed by atoms with Gasteiger partial charge in [0.15, 0.2) is 0 Å². The highest BCUT2D eigenvalue weighted by molar-refractivity contribution is 9.10. The molecule has 0 aliphatic rings. The van der Waals surface area contributed by atoms with Gasteiger partial charge in [0.05, 0.1) is 0 Å². The molecule has 0 aliphatic heterocycles. The van der Waals surface area contributed by atoms with Crippen LogP contribution in [0.2, 0.25) is 0 Å². The van der Waals surface area contributed by atoms with Crippen LogP contribution in [0, 0.1) is 11.7 Å². The van der Waals surface area contributed by atoms with Gasteiger partial charge in [0, 0.05) is 10.5 Å². The van der Waals surface area contributed by atoms with Crippen LogP contribution in [0.15, 0.2) is 22.7 Å². The number of nitrogens with one attached hydrogen (secondary N) is 1. The quantitative estimate of drug-likeness (QED) is 0.639. The molecule has 0 saturated heterocycles. The summed E-state index contributed by atoms with van der Waals surface area (Å²) in [6.45, 7) is 7.52. The third-order valence-electron chi connectivity index (χ3n) is 3.94. The smallest absolute Gasteiger partial charge is 0.126 e. The maximum atomic E-state index is 13.9. The van der Waals surface area contributed by atoms with Gasteiger partial charge in [0.2, 0.25) is 0 Å². The molecule has 114 valence electrons. The standard InChI is InChI=1S/C17H27BrFN/c1-4-7-8-13(5-2)17(20-6-3)12-14-11-15(18)9-10-16(14)19/h9-11,13,17,20H,4-8,12H2,1-3H3. The van der Waals surface area contributed by atoms with Gasteiger partial charge >= 0.3 is 0 Å². The van der Waals surface area contributed by atoms with Gasteiger partial charge in [-0.15, -0.1) is 0 Å². The van der Waals surface area contributed by atoms with Crippen LogP contribution in [-0.4, -0.2) is 12.6 Å². The van der Waals surface area contributed by atoms with Crippen LogP contribution < -0.4 is 5.32 Å². The number of likely N-dealkylation sites (N-methyl/N-ethyl adjacent to an activating group) is 1. The van der Waals surface area contributed by atoms with Crippen LogP contribution in [0.1, 0.15) is 52.0 Å². The van der Waals surface area contributed by atoms with Crippen molar-refractivity contribution in [1.82, 2.24) is 5.32 Å². The van der Waals surface area contributed by atoms with Gasteiger partial charge < -0.3 is 5.32 Å². The first kappa shape index (κ1) is 17.6. The normalized spacial score (nSPS) is 14.2. The fourth-order valence-corrected chi connectivity index (χ4v) is 3.17. The summed E-state index contributed by atoms with van der Waals surface area (Å²) >= 11 is 3.43. The topological polar surface area (TPSA) is 12.0 Å². The van der Waals surface area contributed by atoms with E-state index in [0.717, 1.165) is 29.4 Å². The average Bonchev–Trinajstić information content (AvgIpc) is 2.43. The van der Waals surface area contributed by atoms with Crippen LogP contribution >= 0.6 is 15.9 Å². The second-order valence-corrected chi connectivity index (χ2v) is 6.33. The molecule has 0 bridgehead atoms. The largest absolute Gasteiger partial charge is 0.314 e. The summed E-state index contributed by atoms with van der Waals surface area (Å²) in [6, 6.07) is 5.58. The molecule has 0 saturated carbocycles. The molecule has 2 unspecified atom stereocenters. The van der Waals surface area contributed by atoms with E-state index in [2.05, 4.69) is 42.0 Å². The maximum Gasteiger partial charge on any atom is 0.126 e. The Hall–Kier alpha value is -0.410. The molecule has 3 heteroatoms. The van der Waals surface area contributed by atoms with Crippen LogP contribution in [0.25, 0.3) is 0 Å². The predicted octanol–water partition coefficient (Wildman–Crippen LogP) is 5.33. The predicted molar refractivity (Wildman–Crippen MR) is 88.6 cm³/mol. The zero-order chi connectivity index (χ0) is 15.0. The number of hydrogen-bond donors (Lipinski definition) is 1. The summed E-state index contributed by atoms with van der Waals surface area (Å²) < 4.78 is 14.9. The Labute approximate surface area is 131 Å². The molecular weight excluding hydrogens is 317 g/mol. The lowest BCUT2D eigenvalue weighted by molar-refractivity contribution is 0.317. The SMILES string of the molecule is CCCCC(CC)C(Cc1cc(Br)ccc1F)NCC. The Morgan fingerprint density at radius 1 is 1.25 bits per heavy atom. The van der Waals surface area contributed by atoms with Crippen LogP contribution in [0.5, 0.6) is 0 Å². The van der Waals surface area contributed by atoms with Gasteiger partial charge in [-0.25, -0.2) is 4.39 Å². The highest BCUT2D eigenvalue weighted by Crippen LogP contribution is 2.23. The molecule has 1 aromatic rings. The zero-order valence-corrected chi connectivity index (χ0v) is 14.5. The van der Waals surface area contributed by atoms with Gasteiger partial charge in [-0.3, -0.25) is 0 Å². The van der Waals surface area contributed by atoms with Crippen molar-refractivity contribution in [2.75, 3.05) is 6.54 Å². The third kappa shape index (κ3) is 5.53. The van der Waals surface area contributed by atoms with Crippen LogP contribution in [-0.2, 0) is 6.42 Å². The Bertz CT molecular complexity index is 395. The first-order valence-corrected chi connectivity index (χ1v) is 8.58. The third-order valence-corrected chi connectivity index (χ3v) is 4.43. The highest BCUT2D eigenvalue weighted by Gasteiger charge is 2.20. The summed E-state index contributed by atoms with van der Waals surface area (Å²) in [5.74, 6) is 0.523. The summed E-state index contributed by atoms with van der Waals surface area (Å²) in [5.41, 5.74) is 0.806. The molecule has 0 spiro atoms. The Kier molecular flexibility index (Phi) is 8.39. The second-order valence-electron chi connectivity index (χ2n) is 5.41. The van der Waals surface area contributed by atoms with Crippen LogP contribution in [0.4, 0.5) is 4.39 Å². The van der Waals surface area contributed by atoms with Crippen molar-refractivity contribution in [3.05, 3.63) is 34.1 Å². The lowest BCUT2D eigenvalue weighted by Gasteiger charge is -2.27. The Morgan fingerprint density at radius 2 is 2.00 bits per heavy atom. The molecule has 0 heterocycles. The minimum absolute atomic E-state index is 0.0959. The van der Waals surface area contributed by atoms with Crippen molar-refractivity contribution in [2.45, 2.75) is 58.9 Å². The first-order chi connectivity index (χ1) is 9.62. The molecule has 0 amide bonds. The molecular formula is C17H27BrFN. The molecule has 1 aromatic carbocycles. The van der Waals surface area contributed by atoms with E-state index in [0.29, 0.717) is 12.0 Å². The minimum Gasteiger partial charge on any atom is -0.314 e. The molecule has 20 heavy (non-hydrogen) atoms. The Balaban J connectivity index is 2.81. The summed E-state index contributed by atoms with van der Waals surface area (Å²) in [4.78, 5) is 0. The van der Waals surface area contributed by atoms with E-state index >= 15 is 0 Å². The van der Waals surface area contributed by atoms with Crippen molar-refractivity contribution >= 4 is 15.9 Å². The second kappa shape index (κ2) is 9.51. The number of halogens is 2. The van der Waals surface area contributed by atoms with E-state index < -0.39 is 0 Å². The minimum atomic E-state index is -0.0959. The number of benzene rings is 1. The van der Waals surface area contributed by atoms with E-state index in [1.54, 1.807) is 12.1 Å². The molecule has 2 atom stereocenters. The van der Waals surface area contributed by atoms with Gasteiger partial charge in [-0.2, -0.15) is 0 Å². The molecule has 0 aromatic heterocycles. The van der Waals surface area contributed by atoms with Crippen molar-refractivity contribution in [2.24, 2.45) is 5.92 Å². The van der Waals surface area contributed by atoms with E-state index in [9.17, 15) is 4.39 Å². The first-order valence-electron chi connectivity index (χ1n) is 7.79. The van der Waals surface area contributed by atoms with Crippen molar-refractivity contribution in [1.29, 1.82) is 0 Å². The average molecular weight is 344 g/mol. The molecule has 1 rings (SSSR count). The van der Waals surface area contributed by atoms with Crippen molar-refractivity contribution < 1.29 is 4.39 Å². The van der Waals surface area contributed by atoms with Gasteiger partial charge in [0.25, 0.3) is 0 Å². The summed E-state index contributed by atoms with van der Waals surface area (Å²) in [7, 11) is 0. The molecule has 1 N–H and O–H groups in total. The number of unbranched alkanes of at least 4 members (excludes halogenated alkanes) is 1. The van der Waals surface area contributed by atoms with E-state index in [1.165, 1.54) is 19.3 Å². The lowest BCUT2D eigenvalue weighted by Crippen LogP contribution is -2.38. The van der Waals surface area contributed by atoms with Gasteiger partial charge in [0.1, 0.15) is 5.82 Å². The lowest BCUT2D eigenvalue weighted by atomic mass is 9.87. The monoisotopic (exact) mass is 343 g/mol. The maximum absolute atomic E-state index is 13.9. The van der Waals surface area contributed by atoms with Gasteiger partial charge in [-0.1, -0.05) is 56.0 Å². The van der Waals surface area contributed by atoms with E-state index in [-0.39, 0.29) is 5.82 Å². The summed E-state index contributed by atoms with van der Waals surface area (Å²) in [5, 5.41) is 3.56. The Morgan fingerprint density at radius 3 is 2.60 bits per heavy atom. The zero-order valence-electron chi connectivity index (χ0n) is 12.9. The van der Waals surface area contributed by atoms with Crippen LogP contribution in [0.3, 0.4) is 0 Å². The summed E-state index contributed by atoms with van der Waals surface area (Å²) in [6.07, 6.45) is 5.61. The van der Waals surface area contributed by atoms with Crippen molar-refractivity contribution in [3.63, 3.8) is 0 Å². The number of hydrogen-bond acceptors (Lipinski definition) is 1.